The monoisotopic (exact) mass is 106 g/mol. The van der Waals surface area contributed by atoms with Gasteiger partial charge in [-0.2, -0.15) is 0 Å². The van der Waals surface area contributed by atoms with Gasteiger partial charge in [-0.15, -0.1) is 0 Å². The summed E-state index contributed by atoms with van der Waals surface area (Å²) in [5.74, 6) is 0. The molecule has 42 valence electrons. The van der Waals surface area contributed by atoms with Gasteiger partial charge in [0.1, 0.15) is 0 Å². The van der Waals surface area contributed by atoms with Crippen molar-refractivity contribution in [3.8, 4) is 0 Å². The van der Waals surface area contributed by atoms with Gasteiger partial charge in [-0.25, -0.2) is 0 Å². The molecular weight excluding hydrogens is 96.1 g/mol. The Kier molecular flexibility index (Phi) is 1.52. The third-order valence-electron chi connectivity index (χ3n) is 1.18. The van der Waals surface area contributed by atoms with Crippen molar-refractivity contribution in [1.82, 2.24) is 0 Å². The molecule has 0 aliphatic heterocycles. The Morgan fingerprint density at radius 3 is 2.62 bits per heavy atom. The first kappa shape index (κ1) is 5.61. The highest BCUT2D eigenvalue weighted by molar-refractivity contribution is 5.29. The van der Waals surface area contributed by atoms with Gasteiger partial charge in [-0.05, 0) is 20.3 Å². The Morgan fingerprint density at radius 2 is 2.25 bits per heavy atom. The Hall–Kier alpha value is -0.520. The molecule has 0 atom stereocenters. The second-order valence-electron chi connectivity index (χ2n) is 2.26. The molecule has 0 spiro atoms. The first-order valence-corrected chi connectivity index (χ1v) is 2.86. The lowest BCUT2D eigenvalue weighted by Gasteiger charge is -2.03. The van der Waals surface area contributed by atoms with Crippen LogP contribution in [0.5, 0.6) is 0 Å². The molecule has 0 amide bonds. The highest BCUT2D eigenvalue weighted by Crippen LogP contribution is 2.14. The van der Waals surface area contributed by atoms with Crippen molar-refractivity contribution >= 4 is 0 Å². The Morgan fingerprint density at radius 1 is 1.50 bits per heavy atom. The molecule has 0 bridgehead atoms. The molecule has 0 heterocycles. The van der Waals surface area contributed by atoms with Gasteiger partial charge < -0.3 is 0 Å². The molecule has 0 aromatic heterocycles. The molecule has 0 N–H and O–H groups in total. The maximum absolute atomic E-state index is 3.15. The Bertz CT molecular complexity index is 138. The number of hydrogen-bond acceptors (Lipinski definition) is 0. The molecule has 1 aliphatic carbocycles. The van der Waals surface area contributed by atoms with E-state index in [1.807, 2.05) is 6.08 Å². The highest BCUT2D eigenvalue weighted by Gasteiger charge is 1.95. The van der Waals surface area contributed by atoms with Crippen molar-refractivity contribution in [2.45, 2.75) is 20.3 Å². The van der Waals surface area contributed by atoms with E-state index in [0.717, 1.165) is 6.42 Å². The molecule has 1 aliphatic rings. The average Bonchev–Trinajstić information content (AvgIpc) is 1.64. The second-order valence-corrected chi connectivity index (χ2v) is 2.26. The molecule has 0 aromatic rings. The van der Waals surface area contributed by atoms with Gasteiger partial charge in [0.05, 0.1) is 0 Å². The summed E-state index contributed by atoms with van der Waals surface area (Å²) in [4.78, 5) is 0. The molecule has 8 heavy (non-hydrogen) atoms. The molecular formula is C8H10. The molecule has 0 unspecified atom stereocenters. The lowest BCUT2D eigenvalue weighted by atomic mass is 10.0. The van der Waals surface area contributed by atoms with Gasteiger partial charge in [0.25, 0.3) is 0 Å². The summed E-state index contributed by atoms with van der Waals surface area (Å²) in [6, 6.07) is 0. The van der Waals surface area contributed by atoms with E-state index in [4.69, 9.17) is 0 Å². The average molecular weight is 106 g/mol. The molecule has 0 fully saturated rings. The molecule has 0 aromatic carbocycles. The molecule has 0 saturated heterocycles. The first-order chi connectivity index (χ1) is 3.79. The maximum atomic E-state index is 3.15. The van der Waals surface area contributed by atoms with Crippen molar-refractivity contribution in [2.75, 3.05) is 0 Å². The summed E-state index contributed by atoms with van der Waals surface area (Å²) in [5, 5.41) is 0. The van der Waals surface area contributed by atoms with Gasteiger partial charge in [-0.3, -0.25) is 0 Å². The smallest absolute Gasteiger partial charge is 0.0130 e. The van der Waals surface area contributed by atoms with Crippen molar-refractivity contribution in [3.63, 3.8) is 0 Å². The van der Waals surface area contributed by atoms with Gasteiger partial charge in [-0.1, -0.05) is 23.3 Å². The minimum absolute atomic E-state index is 1.01. The predicted octanol–water partition coefficient (Wildman–Crippen LogP) is 2.36. The third-order valence-corrected chi connectivity index (χ3v) is 1.18. The summed E-state index contributed by atoms with van der Waals surface area (Å²) in [6.07, 6.45) is 8.39. The van der Waals surface area contributed by atoms with E-state index in [2.05, 4.69) is 26.3 Å². The van der Waals surface area contributed by atoms with E-state index in [1.165, 1.54) is 11.1 Å². The molecule has 0 saturated carbocycles. The van der Waals surface area contributed by atoms with Crippen LogP contribution in [-0.4, -0.2) is 0 Å². The third kappa shape index (κ3) is 1.22. The SMILES string of the molecule is CC1=C[C]CC(C)=C1. The van der Waals surface area contributed by atoms with Crippen molar-refractivity contribution in [1.29, 1.82) is 0 Å². The van der Waals surface area contributed by atoms with Crippen LogP contribution in [0.3, 0.4) is 0 Å². The molecule has 0 nitrogen and oxygen atoms in total. The van der Waals surface area contributed by atoms with Gasteiger partial charge >= 0.3 is 0 Å². The minimum Gasteiger partial charge on any atom is -0.0732 e. The van der Waals surface area contributed by atoms with Crippen molar-refractivity contribution < 1.29 is 0 Å². The van der Waals surface area contributed by atoms with Crippen LogP contribution in [-0.2, 0) is 0 Å². The quantitative estimate of drug-likeness (QED) is 0.444. The molecule has 2 radical (unpaired) electrons. The fourth-order valence-corrected chi connectivity index (χ4v) is 0.854. The lowest BCUT2D eigenvalue weighted by molar-refractivity contribution is 1.11. The summed E-state index contributed by atoms with van der Waals surface area (Å²) in [6.45, 7) is 4.22. The van der Waals surface area contributed by atoms with Crippen LogP contribution in [0.15, 0.2) is 23.3 Å². The Balaban J connectivity index is 2.69. The van der Waals surface area contributed by atoms with Crippen LogP contribution in [0.1, 0.15) is 20.3 Å². The second kappa shape index (κ2) is 2.17. The highest BCUT2D eigenvalue weighted by atomic mass is 14.0. The number of rotatable bonds is 0. The topological polar surface area (TPSA) is 0 Å². The number of hydrogen-bond donors (Lipinski definition) is 0. The van der Waals surface area contributed by atoms with Crippen LogP contribution in [0.25, 0.3) is 0 Å². The van der Waals surface area contributed by atoms with Crippen LogP contribution in [0, 0.1) is 6.42 Å². The first-order valence-electron chi connectivity index (χ1n) is 2.86. The zero-order chi connectivity index (χ0) is 5.98. The van der Waals surface area contributed by atoms with Gasteiger partial charge in [0, 0.05) is 6.42 Å². The van der Waals surface area contributed by atoms with E-state index in [9.17, 15) is 0 Å². The largest absolute Gasteiger partial charge is 0.0732 e. The summed E-state index contributed by atoms with van der Waals surface area (Å²) >= 11 is 0. The van der Waals surface area contributed by atoms with Crippen LogP contribution in [0.2, 0.25) is 0 Å². The summed E-state index contributed by atoms with van der Waals surface area (Å²) < 4.78 is 0. The minimum atomic E-state index is 1.01. The van der Waals surface area contributed by atoms with E-state index in [0.29, 0.717) is 0 Å². The summed E-state index contributed by atoms with van der Waals surface area (Å²) in [7, 11) is 0. The molecule has 0 heteroatoms. The Labute approximate surface area is 50.9 Å². The van der Waals surface area contributed by atoms with E-state index in [1.54, 1.807) is 0 Å². The van der Waals surface area contributed by atoms with Crippen molar-refractivity contribution in [3.05, 3.63) is 29.7 Å². The van der Waals surface area contributed by atoms with Gasteiger partial charge in [0.2, 0.25) is 0 Å². The zero-order valence-electron chi connectivity index (χ0n) is 5.36. The molecule has 1 rings (SSSR count). The van der Waals surface area contributed by atoms with E-state index >= 15 is 0 Å². The number of allylic oxidation sites excluding steroid dienone is 4. The van der Waals surface area contributed by atoms with Crippen LogP contribution in [0.4, 0.5) is 0 Å². The van der Waals surface area contributed by atoms with Gasteiger partial charge in [0.15, 0.2) is 0 Å². The standard InChI is InChI=1S/C8H10/c1-7-4-3-5-8(2)6-7/h4,6H,5H2,1-2H3. The van der Waals surface area contributed by atoms with Crippen LogP contribution < -0.4 is 0 Å². The maximum Gasteiger partial charge on any atom is 0.0130 e. The van der Waals surface area contributed by atoms with Crippen molar-refractivity contribution in [2.24, 2.45) is 0 Å². The zero-order valence-corrected chi connectivity index (χ0v) is 5.36. The normalized spacial score (nSPS) is 19.8. The fourth-order valence-electron chi connectivity index (χ4n) is 0.854. The summed E-state index contributed by atoms with van der Waals surface area (Å²) in [5.41, 5.74) is 2.72. The lowest BCUT2D eigenvalue weighted by Crippen LogP contribution is -1.85. The fraction of sp³-hybridized carbons (Fsp3) is 0.375. The van der Waals surface area contributed by atoms with E-state index in [-0.39, 0.29) is 0 Å². The van der Waals surface area contributed by atoms with E-state index < -0.39 is 0 Å². The predicted molar refractivity (Wildman–Crippen MR) is 35.4 cm³/mol. The van der Waals surface area contributed by atoms with Crippen LogP contribution >= 0.6 is 0 Å².